The van der Waals surface area contributed by atoms with E-state index in [1.54, 1.807) is 11.9 Å². The first-order chi connectivity index (χ1) is 9.76. The zero-order valence-corrected chi connectivity index (χ0v) is 14.3. The standard InChI is InChI=1S/C12H21N5O3S.ClH/c1-12(7-13)3-4-17(8-12)11(18)5-15-21(19,20)10-6-16(2)9-14-10;/h6,9,15H,3-5,7-8,13H2,1-2H3;1H. The Balaban J connectivity index is 0.00000242. The smallest absolute Gasteiger partial charge is 0.260 e. The van der Waals surface area contributed by atoms with Crippen molar-refractivity contribution in [2.24, 2.45) is 18.2 Å². The van der Waals surface area contributed by atoms with E-state index in [1.807, 2.05) is 6.92 Å². The maximum atomic E-state index is 12.1. The van der Waals surface area contributed by atoms with Crippen molar-refractivity contribution in [1.29, 1.82) is 0 Å². The highest BCUT2D eigenvalue weighted by molar-refractivity contribution is 7.89. The average Bonchev–Trinajstić information content (AvgIpc) is 3.04. The lowest BCUT2D eigenvalue weighted by molar-refractivity contribution is -0.129. The number of aromatic nitrogens is 2. The second kappa shape index (κ2) is 6.95. The summed E-state index contributed by atoms with van der Waals surface area (Å²) in [5.41, 5.74) is 5.62. The topological polar surface area (TPSA) is 110 Å². The van der Waals surface area contributed by atoms with Gasteiger partial charge in [-0.05, 0) is 18.4 Å². The fraction of sp³-hybridized carbons (Fsp3) is 0.667. The van der Waals surface area contributed by atoms with Crippen molar-refractivity contribution in [2.45, 2.75) is 18.4 Å². The summed E-state index contributed by atoms with van der Waals surface area (Å²) >= 11 is 0. The Morgan fingerprint density at radius 2 is 2.23 bits per heavy atom. The summed E-state index contributed by atoms with van der Waals surface area (Å²) in [6, 6.07) is 0. The number of carbonyl (C=O) groups is 1. The van der Waals surface area contributed by atoms with Crippen LogP contribution in [0.4, 0.5) is 0 Å². The molecule has 1 fully saturated rings. The average molecular weight is 352 g/mol. The molecule has 1 amide bonds. The molecule has 2 heterocycles. The molecule has 10 heteroatoms. The Morgan fingerprint density at radius 1 is 1.55 bits per heavy atom. The SMILES string of the molecule is Cl.Cn1cnc(S(=O)(=O)NCC(=O)N2CCC(C)(CN)C2)c1. The van der Waals surface area contributed by atoms with Crippen LogP contribution >= 0.6 is 12.4 Å². The van der Waals surface area contributed by atoms with Crippen LogP contribution in [0.3, 0.4) is 0 Å². The lowest BCUT2D eigenvalue weighted by Crippen LogP contribution is -2.40. The number of nitrogens with zero attached hydrogens (tertiary/aromatic N) is 3. The van der Waals surface area contributed by atoms with Gasteiger partial charge in [0, 0.05) is 26.3 Å². The van der Waals surface area contributed by atoms with E-state index in [0.717, 1.165) is 6.42 Å². The number of hydrogen-bond acceptors (Lipinski definition) is 5. The van der Waals surface area contributed by atoms with Crippen LogP contribution in [0.25, 0.3) is 0 Å². The van der Waals surface area contributed by atoms with Gasteiger partial charge in [0.1, 0.15) is 0 Å². The summed E-state index contributed by atoms with van der Waals surface area (Å²) in [5, 5.41) is -0.0916. The van der Waals surface area contributed by atoms with Crippen LogP contribution in [0.1, 0.15) is 13.3 Å². The number of amides is 1. The molecule has 1 aromatic rings. The first-order valence-corrected chi connectivity index (χ1v) is 8.20. The number of halogens is 1. The summed E-state index contributed by atoms with van der Waals surface area (Å²) < 4.78 is 27.8. The molecule has 0 aromatic carbocycles. The minimum Gasteiger partial charge on any atom is -0.341 e. The monoisotopic (exact) mass is 351 g/mol. The van der Waals surface area contributed by atoms with Gasteiger partial charge in [0.05, 0.1) is 12.9 Å². The Labute approximate surface area is 136 Å². The number of likely N-dealkylation sites (tertiary alicyclic amines) is 1. The Kier molecular flexibility index (Phi) is 5.96. The third kappa shape index (κ3) is 4.19. The summed E-state index contributed by atoms with van der Waals surface area (Å²) in [6.07, 6.45) is 3.61. The van der Waals surface area contributed by atoms with E-state index < -0.39 is 10.0 Å². The molecule has 1 aromatic heterocycles. The minimum atomic E-state index is -3.75. The van der Waals surface area contributed by atoms with Gasteiger partial charge >= 0.3 is 0 Å². The van der Waals surface area contributed by atoms with Crippen LogP contribution in [-0.4, -0.2) is 55.0 Å². The van der Waals surface area contributed by atoms with Crippen LogP contribution < -0.4 is 10.5 Å². The molecule has 1 saturated heterocycles. The van der Waals surface area contributed by atoms with E-state index in [9.17, 15) is 13.2 Å². The number of aryl methyl sites for hydroxylation is 1. The van der Waals surface area contributed by atoms with Gasteiger partial charge in [-0.3, -0.25) is 4.79 Å². The van der Waals surface area contributed by atoms with E-state index in [4.69, 9.17) is 5.73 Å². The molecule has 126 valence electrons. The largest absolute Gasteiger partial charge is 0.341 e. The molecule has 22 heavy (non-hydrogen) atoms. The van der Waals surface area contributed by atoms with Crippen molar-refractivity contribution in [3.8, 4) is 0 Å². The summed E-state index contributed by atoms with van der Waals surface area (Å²) in [7, 11) is -2.08. The van der Waals surface area contributed by atoms with Gasteiger partial charge < -0.3 is 15.2 Å². The molecule has 0 aliphatic carbocycles. The highest BCUT2D eigenvalue weighted by Gasteiger charge is 2.35. The second-order valence-corrected chi connectivity index (χ2v) is 7.50. The number of sulfonamides is 1. The van der Waals surface area contributed by atoms with E-state index in [1.165, 1.54) is 17.1 Å². The summed E-state index contributed by atoms with van der Waals surface area (Å²) in [4.78, 5) is 17.5. The van der Waals surface area contributed by atoms with E-state index in [2.05, 4.69) is 9.71 Å². The van der Waals surface area contributed by atoms with Crippen molar-refractivity contribution in [3.63, 3.8) is 0 Å². The summed E-state index contributed by atoms with van der Waals surface area (Å²) in [6.45, 7) is 3.44. The van der Waals surface area contributed by atoms with Crippen LogP contribution in [0.15, 0.2) is 17.6 Å². The second-order valence-electron chi connectivity index (χ2n) is 5.78. The molecule has 0 spiro atoms. The molecule has 1 aliphatic rings. The number of nitrogens with one attached hydrogen (secondary N) is 1. The van der Waals surface area contributed by atoms with Gasteiger partial charge in [-0.1, -0.05) is 6.92 Å². The van der Waals surface area contributed by atoms with Crippen molar-refractivity contribution in [3.05, 3.63) is 12.5 Å². The molecular formula is C12H22ClN5O3S. The molecule has 8 nitrogen and oxygen atoms in total. The van der Waals surface area contributed by atoms with Crippen LogP contribution in [0, 0.1) is 5.41 Å². The quantitative estimate of drug-likeness (QED) is 0.730. The van der Waals surface area contributed by atoms with Crippen LogP contribution in [-0.2, 0) is 21.9 Å². The highest BCUT2D eigenvalue weighted by Crippen LogP contribution is 2.28. The van der Waals surface area contributed by atoms with Crippen molar-refractivity contribution < 1.29 is 13.2 Å². The predicted molar refractivity (Wildman–Crippen MR) is 84.0 cm³/mol. The zero-order chi connectivity index (χ0) is 15.7. The first kappa shape index (κ1) is 18.9. The van der Waals surface area contributed by atoms with Gasteiger partial charge in [0.15, 0.2) is 5.03 Å². The normalized spacial score (nSPS) is 21.7. The maximum absolute atomic E-state index is 12.1. The molecule has 0 saturated carbocycles. The zero-order valence-electron chi connectivity index (χ0n) is 12.7. The third-order valence-corrected chi connectivity index (χ3v) is 5.06. The number of imidazole rings is 1. The fourth-order valence-corrected chi connectivity index (χ4v) is 3.23. The molecule has 1 atom stereocenters. The first-order valence-electron chi connectivity index (χ1n) is 6.71. The van der Waals surface area contributed by atoms with Gasteiger partial charge in [-0.2, -0.15) is 0 Å². The maximum Gasteiger partial charge on any atom is 0.260 e. The van der Waals surface area contributed by atoms with Crippen molar-refractivity contribution in [1.82, 2.24) is 19.2 Å². The Morgan fingerprint density at radius 3 is 2.73 bits per heavy atom. The van der Waals surface area contributed by atoms with Gasteiger partial charge in [-0.15, -0.1) is 12.4 Å². The summed E-state index contributed by atoms with van der Waals surface area (Å²) in [5.74, 6) is -0.244. The van der Waals surface area contributed by atoms with Crippen LogP contribution in [0.2, 0.25) is 0 Å². The minimum absolute atomic E-state index is 0. The number of rotatable bonds is 5. The number of hydrogen-bond donors (Lipinski definition) is 2. The lowest BCUT2D eigenvalue weighted by Gasteiger charge is -2.22. The van der Waals surface area contributed by atoms with E-state index in [-0.39, 0.29) is 35.3 Å². The van der Waals surface area contributed by atoms with Crippen molar-refractivity contribution >= 4 is 28.3 Å². The van der Waals surface area contributed by atoms with Crippen molar-refractivity contribution in [2.75, 3.05) is 26.2 Å². The van der Waals surface area contributed by atoms with Gasteiger partial charge in [-0.25, -0.2) is 18.1 Å². The fourth-order valence-electron chi connectivity index (χ4n) is 2.27. The van der Waals surface area contributed by atoms with E-state index in [0.29, 0.717) is 19.6 Å². The molecule has 2 rings (SSSR count). The van der Waals surface area contributed by atoms with Crippen LogP contribution in [0.5, 0.6) is 0 Å². The Bertz CT molecular complexity index is 632. The third-order valence-electron chi connectivity index (χ3n) is 3.77. The molecule has 1 unspecified atom stereocenters. The predicted octanol–water partition coefficient (Wildman–Crippen LogP) is -0.682. The Hall–Kier alpha value is -1.16. The van der Waals surface area contributed by atoms with Gasteiger partial charge in [0.25, 0.3) is 10.0 Å². The highest BCUT2D eigenvalue weighted by atomic mass is 35.5. The molecule has 3 N–H and O–H groups in total. The van der Waals surface area contributed by atoms with E-state index >= 15 is 0 Å². The molecule has 1 aliphatic heterocycles. The lowest BCUT2D eigenvalue weighted by atomic mass is 9.90. The molecular weight excluding hydrogens is 330 g/mol. The molecule has 0 bridgehead atoms. The number of nitrogens with two attached hydrogens (primary N) is 1. The number of carbonyl (C=O) groups excluding carboxylic acids is 1. The van der Waals surface area contributed by atoms with Gasteiger partial charge in [0.2, 0.25) is 5.91 Å². The molecule has 0 radical (unpaired) electrons.